The number of hydrogen-bond acceptors (Lipinski definition) is 3. The van der Waals surface area contributed by atoms with Gasteiger partial charge in [-0.1, -0.05) is 18.2 Å². The summed E-state index contributed by atoms with van der Waals surface area (Å²) in [5.41, 5.74) is -2.61. The summed E-state index contributed by atoms with van der Waals surface area (Å²) in [7, 11) is 0. The van der Waals surface area contributed by atoms with E-state index >= 15 is 0 Å². The largest absolute Gasteiger partial charge is 0.416 e. The molecular formula is C22H15F5N4O2. The van der Waals surface area contributed by atoms with E-state index in [4.69, 9.17) is 0 Å². The predicted molar refractivity (Wildman–Crippen MR) is 110 cm³/mol. The molecule has 0 unspecified atom stereocenters. The van der Waals surface area contributed by atoms with Crippen LogP contribution in [0.5, 0.6) is 0 Å². The fourth-order valence-corrected chi connectivity index (χ4v) is 3.47. The van der Waals surface area contributed by atoms with Crippen molar-refractivity contribution in [3.05, 3.63) is 105 Å². The molecule has 0 fully saturated rings. The molecule has 0 saturated carbocycles. The number of rotatable bonds is 5. The van der Waals surface area contributed by atoms with E-state index in [0.717, 1.165) is 33.4 Å². The minimum Gasteiger partial charge on any atom is -0.320 e. The first-order chi connectivity index (χ1) is 15.6. The van der Waals surface area contributed by atoms with Crippen molar-refractivity contribution >= 4 is 11.2 Å². The molecule has 0 amide bonds. The number of allylic oxidation sites excluding steroid dienone is 1. The number of hydrogen-bond donors (Lipinski definition) is 0. The molecule has 0 atom stereocenters. The van der Waals surface area contributed by atoms with Crippen LogP contribution in [0, 0.1) is 11.6 Å². The van der Waals surface area contributed by atoms with E-state index in [-0.39, 0.29) is 29.9 Å². The van der Waals surface area contributed by atoms with E-state index in [1.165, 1.54) is 29.1 Å². The molecule has 33 heavy (non-hydrogen) atoms. The highest BCUT2D eigenvalue weighted by molar-refractivity contribution is 5.72. The zero-order valence-electron chi connectivity index (χ0n) is 16.8. The highest BCUT2D eigenvalue weighted by atomic mass is 19.4. The van der Waals surface area contributed by atoms with Crippen LogP contribution in [-0.4, -0.2) is 18.7 Å². The molecule has 0 radical (unpaired) electrons. The van der Waals surface area contributed by atoms with Crippen molar-refractivity contribution < 1.29 is 22.0 Å². The van der Waals surface area contributed by atoms with Gasteiger partial charge in [-0.3, -0.25) is 9.36 Å². The lowest BCUT2D eigenvalue weighted by Crippen LogP contribution is -2.40. The van der Waals surface area contributed by atoms with Crippen molar-refractivity contribution in [1.82, 2.24) is 18.7 Å². The molecule has 0 spiro atoms. The van der Waals surface area contributed by atoms with Crippen molar-refractivity contribution in [1.29, 1.82) is 0 Å². The van der Waals surface area contributed by atoms with Gasteiger partial charge in [0.05, 0.1) is 17.6 Å². The Morgan fingerprint density at radius 1 is 1.03 bits per heavy atom. The quantitative estimate of drug-likeness (QED) is 0.334. The Bertz CT molecular complexity index is 1480. The van der Waals surface area contributed by atoms with Crippen LogP contribution in [0.15, 0.2) is 71.0 Å². The van der Waals surface area contributed by atoms with Crippen LogP contribution in [0.2, 0.25) is 0 Å². The van der Waals surface area contributed by atoms with E-state index in [1.807, 2.05) is 0 Å². The van der Waals surface area contributed by atoms with Gasteiger partial charge < -0.3 is 4.57 Å². The molecule has 2 aromatic carbocycles. The second-order valence-electron chi connectivity index (χ2n) is 7.16. The number of benzene rings is 2. The molecule has 0 aliphatic heterocycles. The molecule has 0 saturated heterocycles. The molecule has 0 bridgehead atoms. The lowest BCUT2D eigenvalue weighted by atomic mass is 10.1. The maximum atomic E-state index is 14.5. The Labute approximate surface area is 182 Å². The lowest BCUT2D eigenvalue weighted by molar-refractivity contribution is -0.137. The van der Waals surface area contributed by atoms with Gasteiger partial charge in [-0.15, -0.1) is 6.58 Å². The van der Waals surface area contributed by atoms with Gasteiger partial charge in [-0.2, -0.15) is 13.2 Å². The number of alkyl halides is 3. The molecule has 2 aromatic heterocycles. The maximum Gasteiger partial charge on any atom is 0.416 e. The van der Waals surface area contributed by atoms with Crippen LogP contribution >= 0.6 is 0 Å². The first kappa shape index (κ1) is 22.2. The molecule has 170 valence electrons. The third-order valence-corrected chi connectivity index (χ3v) is 5.00. The minimum atomic E-state index is -4.49. The van der Waals surface area contributed by atoms with Gasteiger partial charge in [0.1, 0.15) is 11.6 Å². The molecule has 0 N–H and O–H groups in total. The first-order valence-electron chi connectivity index (χ1n) is 9.55. The molecule has 4 rings (SSSR count). The van der Waals surface area contributed by atoms with Crippen molar-refractivity contribution in [3.63, 3.8) is 0 Å². The minimum absolute atomic E-state index is 0.0396. The molecular weight excluding hydrogens is 447 g/mol. The van der Waals surface area contributed by atoms with E-state index in [9.17, 15) is 31.5 Å². The summed E-state index contributed by atoms with van der Waals surface area (Å²) in [6, 6.07) is 6.93. The van der Waals surface area contributed by atoms with Crippen LogP contribution in [0.25, 0.3) is 16.9 Å². The molecule has 6 nitrogen and oxygen atoms in total. The first-order valence-corrected chi connectivity index (χ1v) is 9.55. The van der Waals surface area contributed by atoms with Gasteiger partial charge in [0.15, 0.2) is 11.2 Å². The van der Waals surface area contributed by atoms with Crippen molar-refractivity contribution in [2.75, 3.05) is 0 Å². The molecule has 0 aliphatic carbocycles. The summed E-state index contributed by atoms with van der Waals surface area (Å²) < 4.78 is 69.4. The lowest BCUT2D eigenvalue weighted by Gasteiger charge is -2.13. The summed E-state index contributed by atoms with van der Waals surface area (Å²) in [4.78, 5) is 30.1. The summed E-state index contributed by atoms with van der Waals surface area (Å²) >= 11 is 0. The average Bonchev–Trinajstić information content (AvgIpc) is 3.15. The van der Waals surface area contributed by atoms with Gasteiger partial charge in [0.25, 0.3) is 5.56 Å². The standard InChI is InChI=1S/C22H15F5N4O2/c1-2-9-30-20(32)18-19(31(21(30)33)17-8-7-15(23)10-16(17)24)28-12-29(18)11-13-3-5-14(6-4-13)22(25,26)27/h2-8,10,12H,1,9,11H2. The fourth-order valence-electron chi connectivity index (χ4n) is 3.47. The van der Waals surface area contributed by atoms with Crippen LogP contribution in [0.4, 0.5) is 22.0 Å². The molecule has 11 heteroatoms. The highest BCUT2D eigenvalue weighted by Gasteiger charge is 2.30. The second-order valence-corrected chi connectivity index (χ2v) is 7.16. The molecule has 4 aromatic rings. The Morgan fingerprint density at radius 2 is 1.73 bits per heavy atom. The van der Waals surface area contributed by atoms with Crippen LogP contribution in [-0.2, 0) is 19.3 Å². The molecule has 2 heterocycles. The molecule has 0 aliphatic rings. The Morgan fingerprint density at radius 3 is 2.33 bits per heavy atom. The van der Waals surface area contributed by atoms with E-state index < -0.39 is 34.6 Å². The van der Waals surface area contributed by atoms with Crippen LogP contribution in [0.1, 0.15) is 11.1 Å². The Kier molecular flexibility index (Phi) is 5.48. The van der Waals surface area contributed by atoms with Crippen LogP contribution in [0.3, 0.4) is 0 Å². The van der Waals surface area contributed by atoms with Gasteiger partial charge in [0.2, 0.25) is 0 Å². The van der Waals surface area contributed by atoms with Gasteiger partial charge in [-0.25, -0.2) is 23.1 Å². The van der Waals surface area contributed by atoms with E-state index in [0.29, 0.717) is 11.6 Å². The van der Waals surface area contributed by atoms with E-state index in [2.05, 4.69) is 11.6 Å². The van der Waals surface area contributed by atoms with E-state index in [1.54, 1.807) is 0 Å². The predicted octanol–water partition coefficient (Wildman–Crippen LogP) is 3.88. The van der Waals surface area contributed by atoms with Crippen molar-refractivity contribution in [3.8, 4) is 5.69 Å². The number of imidazole rings is 1. The normalized spacial score (nSPS) is 11.8. The third kappa shape index (κ3) is 3.97. The smallest absolute Gasteiger partial charge is 0.320 e. The van der Waals surface area contributed by atoms with Gasteiger partial charge >= 0.3 is 11.9 Å². The zero-order chi connectivity index (χ0) is 23.9. The van der Waals surface area contributed by atoms with Crippen molar-refractivity contribution in [2.45, 2.75) is 19.3 Å². The summed E-state index contributed by atoms with van der Waals surface area (Å²) in [5, 5.41) is 0. The SMILES string of the molecule is C=CCn1c(=O)c2c(ncn2Cc2ccc(C(F)(F)F)cc2)n(-c2ccc(F)cc2F)c1=O. The number of fused-ring (bicyclic) bond motifs is 1. The monoisotopic (exact) mass is 462 g/mol. The Hall–Kier alpha value is -4.02. The summed E-state index contributed by atoms with van der Waals surface area (Å²) in [6.07, 6.45) is -1.97. The average molecular weight is 462 g/mol. The zero-order valence-corrected chi connectivity index (χ0v) is 16.8. The summed E-state index contributed by atoms with van der Waals surface area (Å²) in [6.45, 7) is 3.28. The number of aromatic nitrogens is 4. The number of nitrogens with zero attached hydrogens (tertiary/aromatic N) is 4. The topological polar surface area (TPSA) is 61.8 Å². The maximum absolute atomic E-state index is 14.5. The Balaban J connectivity index is 1.92. The van der Waals surface area contributed by atoms with Crippen LogP contribution < -0.4 is 11.2 Å². The fraction of sp³-hybridized carbons (Fsp3) is 0.136. The highest BCUT2D eigenvalue weighted by Crippen LogP contribution is 2.29. The second kappa shape index (κ2) is 8.15. The third-order valence-electron chi connectivity index (χ3n) is 5.00. The van der Waals surface area contributed by atoms with Gasteiger partial charge in [-0.05, 0) is 29.8 Å². The number of halogens is 5. The van der Waals surface area contributed by atoms with Crippen molar-refractivity contribution in [2.24, 2.45) is 0 Å². The van der Waals surface area contributed by atoms with Gasteiger partial charge in [0, 0.05) is 19.2 Å². The summed E-state index contributed by atoms with van der Waals surface area (Å²) in [5.74, 6) is -1.90.